The Morgan fingerprint density at radius 3 is 2.04 bits per heavy atom. The van der Waals surface area contributed by atoms with E-state index in [1.54, 1.807) is 53.8 Å². The molecular weight excluding hydrogens is 651 g/mol. The first-order valence-electron chi connectivity index (χ1n) is 13.6. The van der Waals surface area contributed by atoms with Gasteiger partial charge in [-0.1, -0.05) is 54.1 Å². The molecule has 0 bridgehead atoms. The predicted molar refractivity (Wildman–Crippen MR) is 163 cm³/mol. The molecule has 4 aromatic rings. The first kappa shape index (κ1) is 34.8. The van der Waals surface area contributed by atoms with Crippen molar-refractivity contribution in [3.8, 4) is 0 Å². The van der Waals surface area contributed by atoms with E-state index in [1.807, 2.05) is 13.0 Å². The highest BCUT2D eigenvalue weighted by molar-refractivity contribution is 8.00. The molecule has 3 N–H and O–H groups in total. The summed E-state index contributed by atoms with van der Waals surface area (Å²) in [6.07, 6.45) is -4.24. The van der Waals surface area contributed by atoms with Gasteiger partial charge < -0.3 is 16.0 Å². The zero-order valence-corrected chi connectivity index (χ0v) is 25.3. The van der Waals surface area contributed by atoms with Crippen molar-refractivity contribution in [3.63, 3.8) is 0 Å². The number of halogens is 7. The molecular formula is C33H24F7N3O3S. The van der Waals surface area contributed by atoms with Crippen LogP contribution >= 0.6 is 11.8 Å². The lowest BCUT2D eigenvalue weighted by molar-refractivity contribution is -0.143. The number of nitrogens with one attached hydrogen (secondary N) is 3. The molecule has 0 spiro atoms. The molecule has 0 radical (unpaired) electrons. The average molecular weight is 676 g/mol. The zero-order chi connectivity index (χ0) is 34.5. The van der Waals surface area contributed by atoms with Crippen molar-refractivity contribution >= 4 is 46.9 Å². The second-order valence-corrected chi connectivity index (χ2v) is 11.4. The van der Waals surface area contributed by atoms with E-state index < -0.39 is 63.7 Å². The molecule has 0 aliphatic rings. The summed E-state index contributed by atoms with van der Waals surface area (Å²) < 4.78 is 95.2. The molecule has 4 rings (SSSR count). The lowest BCUT2D eigenvalue weighted by atomic mass is 10.1. The van der Waals surface area contributed by atoms with Crippen molar-refractivity contribution in [1.29, 1.82) is 0 Å². The number of carbonyl (C=O) groups is 3. The molecule has 4 aromatic carbocycles. The molecule has 6 nitrogen and oxygen atoms in total. The van der Waals surface area contributed by atoms with Gasteiger partial charge in [0.05, 0.1) is 5.25 Å². The van der Waals surface area contributed by atoms with Crippen LogP contribution < -0.4 is 16.0 Å². The van der Waals surface area contributed by atoms with E-state index in [-0.39, 0.29) is 11.4 Å². The molecule has 244 valence electrons. The molecule has 0 saturated carbocycles. The highest BCUT2D eigenvalue weighted by Crippen LogP contribution is 2.39. The number of benzene rings is 4. The summed E-state index contributed by atoms with van der Waals surface area (Å²) in [4.78, 5) is 39.2. The van der Waals surface area contributed by atoms with Gasteiger partial charge in [-0.15, -0.1) is 11.8 Å². The number of carbonyl (C=O) groups excluding carboxylic acids is 3. The Hall–Kier alpha value is -5.11. The summed E-state index contributed by atoms with van der Waals surface area (Å²) in [6, 6.07) is 21.4. The van der Waals surface area contributed by atoms with Crippen LogP contribution in [0.15, 0.2) is 89.5 Å². The lowest BCUT2D eigenvalue weighted by Crippen LogP contribution is -2.30. The highest BCUT2D eigenvalue weighted by atomic mass is 32.2. The van der Waals surface area contributed by atoms with E-state index in [2.05, 4.69) is 10.6 Å². The highest BCUT2D eigenvalue weighted by Gasteiger charge is 2.42. The van der Waals surface area contributed by atoms with Gasteiger partial charge in [-0.25, -0.2) is 17.6 Å². The van der Waals surface area contributed by atoms with Crippen LogP contribution in [0.5, 0.6) is 0 Å². The van der Waals surface area contributed by atoms with Crippen LogP contribution in [0.25, 0.3) is 6.08 Å². The largest absolute Gasteiger partial charge is 0.422 e. The SMILES string of the molecule is Cc1cccc(/C=C(/NC(=O)c2ccccc2)C(=O)Nc2cccc(SC(C)C(=O)Nc3c(F)c(F)c(C(F)(F)F)c(F)c3F)c2)c1. The zero-order valence-electron chi connectivity index (χ0n) is 24.4. The van der Waals surface area contributed by atoms with Gasteiger partial charge in [-0.2, -0.15) is 13.2 Å². The van der Waals surface area contributed by atoms with Crippen LogP contribution in [-0.4, -0.2) is 23.0 Å². The summed E-state index contributed by atoms with van der Waals surface area (Å²) in [5, 5.41) is 5.67. The molecule has 0 aliphatic heterocycles. The third-order valence-electron chi connectivity index (χ3n) is 6.45. The van der Waals surface area contributed by atoms with E-state index in [0.717, 1.165) is 17.3 Å². The number of alkyl halides is 3. The molecule has 0 saturated heterocycles. The molecule has 47 heavy (non-hydrogen) atoms. The van der Waals surface area contributed by atoms with Crippen molar-refractivity contribution in [2.75, 3.05) is 10.6 Å². The van der Waals surface area contributed by atoms with Gasteiger partial charge >= 0.3 is 6.18 Å². The normalized spacial score (nSPS) is 12.3. The van der Waals surface area contributed by atoms with E-state index in [4.69, 9.17) is 0 Å². The van der Waals surface area contributed by atoms with Crippen molar-refractivity contribution in [1.82, 2.24) is 5.32 Å². The fourth-order valence-corrected chi connectivity index (χ4v) is 5.11. The quantitative estimate of drug-likeness (QED) is 0.0725. The molecule has 0 aliphatic carbocycles. The van der Waals surface area contributed by atoms with Crippen molar-refractivity contribution < 1.29 is 45.1 Å². The Balaban J connectivity index is 1.51. The maximum atomic E-state index is 14.3. The van der Waals surface area contributed by atoms with Crippen molar-refractivity contribution in [2.45, 2.75) is 30.2 Å². The van der Waals surface area contributed by atoms with Crippen LogP contribution in [-0.2, 0) is 15.8 Å². The minimum atomic E-state index is -5.73. The van der Waals surface area contributed by atoms with E-state index in [0.29, 0.717) is 16.0 Å². The minimum absolute atomic E-state index is 0.0877. The summed E-state index contributed by atoms with van der Waals surface area (Å²) in [5.74, 6) is -12.7. The first-order valence-corrected chi connectivity index (χ1v) is 14.5. The average Bonchev–Trinajstić information content (AvgIpc) is 3.01. The standard InChI is InChI=1S/C33H24F7N3O3S/c1-17-8-6-9-19(14-17)15-23(42-31(45)20-10-4-3-5-11-20)32(46)41-21-12-7-13-22(16-21)47-18(2)30(44)43-29-27(36)25(34)24(33(38,39)40)26(35)28(29)37/h3-16,18H,1-2H3,(H,41,46)(H,42,45)(H,43,44)/b23-15+. The Labute approximate surface area is 268 Å². The molecule has 1 atom stereocenters. The monoisotopic (exact) mass is 675 g/mol. The topological polar surface area (TPSA) is 87.3 Å². The molecule has 0 aromatic heterocycles. The number of rotatable bonds is 9. The van der Waals surface area contributed by atoms with Crippen LogP contribution in [0.4, 0.5) is 42.1 Å². The number of aryl methyl sites for hydroxylation is 1. The number of hydrogen-bond acceptors (Lipinski definition) is 4. The third-order valence-corrected chi connectivity index (χ3v) is 7.54. The molecule has 3 amide bonds. The van der Waals surface area contributed by atoms with Gasteiger partial charge in [0.2, 0.25) is 5.91 Å². The second-order valence-electron chi connectivity index (χ2n) is 10.0. The maximum absolute atomic E-state index is 14.3. The Bertz CT molecular complexity index is 1840. The van der Waals surface area contributed by atoms with Crippen LogP contribution in [0.1, 0.15) is 34.0 Å². The maximum Gasteiger partial charge on any atom is 0.422 e. The van der Waals surface area contributed by atoms with Crippen LogP contribution in [0.3, 0.4) is 0 Å². The van der Waals surface area contributed by atoms with Gasteiger partial charge in [0.15, 0.2) is 23.3 Å². The predicted octanol–water partition coefficient (Wildman–Crippen LogP) is 8.10. The number of hydrogen-bond donors (Lipinski definition) is 3. The van der Waals surface area contributed by atoms with E-state index in [9.17, 15) is 45.1 Å². The smallest absolute Gasteiger partial charge is 0.321 e. The molecule has 14 heteroatoms. The third kappa shape index (κ3) is 8.58. The van der Waals surface area contributed by atoms with E-state index in [1.165, 1.54) is 37.3 Å². The van der Waals surface area contributed by atoms with Gasteiger partial charge in [0, 0.05) is 16.1 Å². The van der Waals surface area contributed by atoms with Gasteiger partial charge in [-0.3, -0.25) is 14.4 Å². The van der Waals surface area contributed by atoms with Crippen molar-refractivity contribution in [2.24, 2.45) is 0 Å². The Kier molecular flexibility index (Phi) is 10.8. The summed E-state index contributed by atoms with van der Waals surface area (Å²) in [7, 11) is 0. The van der Waals surface area contributed by atoms with E-state index >= 15 is 0 Å². The van der Waals surface area contributed by atoms with Crippen LogP contribution in [0, 0.1) is 30.2 Å². The minimum Gasteiger partial charge on any atom is -0.321 e. The first-order chi connectivity index (χ1) is 22.1. The summed E-state index contributed by atoms with van der Waals surface area (Å²) >= 11 is 0.800. The fraction of sp³-hybridized carbons (Fsp3) is 0.121. The van der Waals surface area contributed by atoms with Gasteiger partial charge in [-0.05, 0) is 55.8 Å². The second kappa shape index (κ2) is 14.5. The Morgan fingerprint density at radius 1 is 0.787 bits per heavy atom. The molecule has 0 heterocycles. The van der Waals surface area contributed by atoms with Crippen molar-refractivity contribution in [3.05, 3.63) is 130 Å². The summed E-state index contributed by atoms with van der Waals surface area (Å²) in [5.41, 5.74) is -2.48. The van der Waals surface area contributed by atoms with Gasteiger partial charge in [0.1, 0.15) is 16.9 Å². The Morgan fingerprint density at radius 2 is 1.43 bits per heavy atom. The lowest BCUT2D eigenvalue weighted by Gasteiger charge is -2.17. The number of amides is 3. The fourth-order valence-electron chi connectivity index (χ4n) is 4.19. The number of thioether (sulfide) groups is 1. The molecule has 1 unspecified atom stereocenters. The van der Waals surface area contributed by atoms with Gasteiger partial charge in [0.25, 0.3) is 11.8 Å². The summed E-state index contributed by atoms with van der Waals surface area (Å²) in [6.45, 7) is 3.12. The van der Waals surface area contributed by atoms with Crippen LogP contribution in [0.2, 0.25) is 0 Å². The number of anilines is 2. The molecule has 0 fully saturated rings.